The van der Waals surface area contributed by atoms with E-state index in [1.807, 2.05) is 50.2 Å². The summed E-state index contributed by atoms with van der Waals surface area (Å²) in [5.41, 5.74) is 2.35. The van der Waals surface area contributed by atoms with Crippen LogP contribution in [0.3, 0.4) is 0 Å². The normalized spacial score (nSPS) is 12.4. The second-order valence-corrected chi connectivity index (χ2v) is 7.66. The zero-order chi connectivity index (χ0) is 20.0. The van der Waals surface area contributed by atoms with E-state index in [0.29, 0.717) is 6.42 Å². The van der Waals surface area contributed by atoms with Crippen molar-refractivity contribution in [2.24, 2.45) is 0 Å². The molecule has 1 aromatic heterocycles. The van der Waals surface area contributed by atoms with Crippen LogP contribution in [-0.2, 0) is 17.6 Å². The summed E-state index contributed by atoms with van der Waals surface area (Å²) in [6.45, 7) is 4.03. The van der Waals surface area contributed by atoms with E-state index in [1.165, 1.54) is 12.1 Å². The smallest absolute Gasteiger partial charge is 0.228 e. The molecule has 0 radical (unpaired) electrons. The number of halogens is 1. The molecule has 3 nitrogen and oxygen atoms in total. The molecule has 4 heteroatoms. The third-order valence-corrected chi connectivity index (χ3v) is 4.68. The van der Waals surface area contributed by atoms with Crippen molar-refractivity contribution in [1.82, 2.24) is 10.3 Å². The average molecular weight is 376 g/mol. The molecular weight excluding hydrogens is 351 g/mol. The van der Waals surface area contributed by atoms with Gasteiger partial charge in [0.25, 0.3) is 0 Å². The molecule has 1 atom stereocenters. The van der Waals surface area contributed by atoms with Crippen molar-refractivity contribution in [3.63, 3.8) is 0 Å². The van der Waals surface area contributed by atoms with Crippen molar-refractivity contribution in [1.29, 1.82) is 0 Å². The van der Waals surface area contributed by atoms with Gasteiger partial charge in [-0.25, -0.2) is 4.39 Å². The molecular formula is C24H25FN2O. The Bertz CT molecular complexity index is 893. The van der Waals surface area contributed by atoms with Crippen LogP contribution < -0.4 is 5.32 Å². The highest BCUT2D eigenvalue weighted by atomic mass is 19.1. The summed E-state index contributed by atoms with van der Waals surface area (Å²) in [7, 11) is 0. The predicted molar refractivity (Wildman–Crippen MR) is 109 cm³/mol. The molecule has 0 fully saturated rings. The Balaban J connectivity index is 1.80. The summed E-state index contributed by atoms with van der Waals surface area (Å²) in [5, 5.41) is 3.18. The molecule has 0 saturated carbocycles. The van der Waals surface area contributed by atoms with E-state index in [1.54, 1.807) is 18.3 Å². The summed E-state index contributed by atoms with van der Waals surface area (Å²) < 4.78 is 13.4. The van der Waals surface area contributed by atoms with Crippen LogP contribution in [-0.4, -0.2) is 16.4 Å². The number of carbonyl (C=O) groups is 1. The molecule has 0 saturated heterocycles. The molecule has 28 heavy (non-hydrogen) atoms. The molecule has 0 aliphatic heterocycles. The van der Waals surface area contributed by atoms with Crippen molar-refractivity contribution in [3.8, 4) is 0 Å². The number of amides is 1. The monoisotopic (exact) mass is 376 g/mol. The maximum Gasteiger partial charge on any atom is 0.228 e. The summed E-state index contributed by atoms with van der Waals surface area (Å²) in [6.07, 6.45) is 2.90. The van der Waals surface area contributed by atoms with E-state index in [0.717, 1.165) is 23.2 Å². The SMILES string of the molecule is CC(C)(Cc1ccccc1)NC(=O)C(Cc1ccccn1)c1ccc(F)cc1. The van der Waals surface area contributed by atoms with Gasteiger partial charge in [0, 0.05) is 23.9 Å². The standard InChI is InChI=1S/C24H25FN2O/c1-24(2,17-18-8-4-3-5-9-18)27-23(28)22(16-21-10-6-7-15-26-21)19-11-13-20(25)14-12-19/h3-15,22H,16-17H2,1-2H3,(H,27,28). The Morgan fingerprint density at radius 1 is 1.00 bits per heavy atom. The van der Waals surface area contributed by atoms with Gasteiger partial charge in [-0.2, -0.15) is 0 Å². The second-order valence-electron chi connectivity index (χ2n) is 7.66. The molecule has 1 heterocycles. The van der Waals surface area contributed by atoms with Gasteiger partial charge in [0.1, 0.15) is 5.82 Å². The van der Waals surface area contributed by atoms with Crippen LogP contribution in [0.1, 0.15) is 36.6 Å². The molecule has 2 aromatic carbocycles. The summed E-state index contributed by atoms with van der Waals surface area (Å²) in [5.74, 6) is -0.839. The van der Waals surface area contributed by atoms with Crippen molar-refractivity contribution < 1.29 is 9.18 Å². The average Bonchev–Trinajstić information content (AvgIpc) is 2.68. The molecule has 144 valence electrons. The van der Waals surface area contributed by atoms with Crippen LogP contribution >= 0.6 is 0 Å². The fraction of sp³-hybridized carbons (Fsp3) is 0.250. The van der Waals surface area contributed by atoms with Crippen LogP contribution in [0, 0.1) is 5.82 Å². The van der Waals surface area contributed by atoms with Crippen molar-refractivity contribution in [3.05, 3.63) is 102 Å². The van der Waals surface area contributed by atoms with Crippen molar-refractivity contribution in [2.45, 2.75) is 38.1 Å². The highest BCUT2D eigenvalue weighted by molar-refractivity contribution is 5.84. The Morgan fingerprint density at radius 3 is 2.32 bits per heavy atom. The molecule has 1 unspecified atom stereocenters. The van der Waals surface area contributed by atoms with E-state index in [-0.39, 0.29) is 11.7 Å². The zero-order valence-electron chi connectivity index (χ0n) is 16.2. The number of aromatic nitrogens is 1. The Kier molecular flexibility index (Phi) is 6.19. The fourth-order valence-corrected chi connectivity index (χ4v) is 3.36. The first-order valence-electron chi connectivity index (χ1n) is 9.44. The van der Waals surface area contributed by atoms with Gasteiger partial charge < -0.3 is 5.32 Å². The molecule has 3 rings (SSSR count). The minimum absolute atomic E-state index is 0.0850. The van der Waals surface area contributed by atoms with E-state index in [2.05, 4.69) is 22.4 Å². The Hall–Kier alpha value is -3.01. The van der Waals surface area contributed by atoms with Crippen LogP contribution in [0.15, 0.2) is 79.0 Å². The minimum atomic E-state index is -0.439. The summed E-state index contributed by atoms with van der Waals surface area (Å²) >= 11 is 0. The van der Waals surface area contributed by atoms with Gasteiger partial charge in [-0.1, -0.05) is 48.5 Å². The van der Waals surface area contributed by atoms with Gasteiger partial charge in [-0.15, -0.1) is 0 Å². The maximum absolute atomic E-state index is 13.4. The lowest BCUT2D eigenvalue weighted by Gasteiger charge is -2.29. The first kappa shape index (κ1) is 19.7. The zero-order valence-corrected chi connectivity index (χ0v) is 16.2. The fourth-order valence-electron chi connectivity index (χ4n) is 3.36. The number of benzene rings is 2. The Morgan fingerprint density at radius 2 is 1.68 bits per heavy atom. The number of hydrogen-bond donors (Lipinski definition) is 1. The lowest BCUT2D eigenvalue weighted by molar-refractivity contribution is -0.124. The first-order chi connectivity index (χ1) is 13.4. The van der Waals surface area contributed by atoms with Crippen LogP contribution in [0.4, 0.5) is 4.39 Å². The van der Waals surface area contributed by atoms with E-state index in [4.69, 9.17) is 0 Å². The van der Waals surface area contributed by atoms with Gasteiger partial charge in [-0.05, 0) is 55.7 Å². The number of rotatable bonds is 7. The van der Waals surface area contributed by atoms with Gasteiger partial charge >= 0.3 is 0 Å². The summed E-state index contributed by atoms with van der Waals surface area (Å²) in [6, 6.07) is 21.9. The van der Waals surface area contributed by atoms with Crippen LogP contribution in [0.5, 0.6) is 0 Å². The largest absolute Gasteiger partial charge is 0.350 e. The molecule has 0 spiro atoms. The van der Waals surface area contributed by atoms with Crippen LogP contribution in [0.2, 0.25) is 0 Å². The van der Waals surface area contributed by atoms with Gasteiger partial charge in [0.15, 0.2) is 0 Å². The van der Waals surface area contributed by atoms with Gasteiger partial charge in [-0.3, -0.25) is 9.78 Å². The molecule has 3 aromatic rings. The van der Waals surface area contributed by atoms with Gasteiger partial charge in [0.05, 0.1) is 5.92 Å². The molecule has 0 aliphatic rings. The topological polar surface area (TPSA) is 42.0 Å². The highest BCUT2D eigenvalue weighted by Crippen LogP contribution is 2.23. The number of hydrogen-bond acceptors (Lipinski definition) is 2. The molecule has 0 aliphatic carbocycles. The minimum Gasteiger partial charge on any atom is -0.350 e. The predicted octanol–water partition coefficient (Wildman–Crippen LogP) is 4.68. The van der Waals surface area contributed by atoms with E-state index >= 15 is 0 Å². The third kappa shape index (κ3) is 5.49. The van der Waals surface area contributed by atoms with Crippen molar-refractivity contribution in [2.75, 3.05) is 0 Å². The van der Waals surface area contributed by atoms with E-state index < -0.39 is 11.5 Å². The van der Waals surface area contributed by atoms with Crippen LogP contribution in [0.25, 0.3) is 0 Å². The number of nitrogens with zero attached hydrogens (tertiary/aromatic N) is 1. The third-order valence-electron chi connectivity index (χ3n) is 4.68. The lowest BCUT2D eigenvalue weighted by Crippen LogP contribution is -2.47. The molecule has 1 N–H and O–H groups in total. The number of nitrogens with one attached hydrogen (secondary N) is 1. The molecule has 0 bridgehead atoms. The maximum atomic E-state index is 13.4. The lowest BCUT2D eigenvalue weighted by atomic mass is 9.90. The Labute approximate surface area is 165 Å². The first-order valence-corrected chi connectivity index (χ1v) is 9.44. The van der Waals surface area contributed by atoms with Crippen molar-refractivity contribution >= 4 is 5.91 Å². The quantitative estimate of drug-likeness (QED) is 0.650. The second kappa shape index (κ2) is 8.79. The number of carbonyl (C=O) groups excluding carboxylic acids is 1. The molecule has 1 amide bonds. The van der Waals surface area contributed by atoms with E-state index in [9.17, 15) is 9.18 Å². The number of pyridine rings is 1. The summed E-state index contributed by atoms with van der Waals surface area (Å²) in [4.78, 5) is 17.6. The van der Waals surface area contributed by atoms with Gasteiger partial charge in [0.2, 0.25) is 5.91 Å². The highest BCUT2D eigenvalue weighted by Gasteiger charge is 2.28.